The van der Waals surface area contributed by atoms with Crippen LogP contribution in [0.5, 0.6) is 0 Å². The molecule has 10 heavy (non-hydrogen) atoms. The number of alkyl halides is 1. The van der Waals surface area contributed by atoms with Crippen LogP contribution in [0.3, 0.4) is 0 Å². The summed E-state index contributed by atoms with van der Waals surface area (Å²) in [6.07, 6.45) is 0. The molecule has 1 aromatic heterocycles. The highest BCUT2D eigenvalue weighted by Crippen LogP contribution is 2.14. The second kappa shape index (κ2) is 4.11. The van der Waals surface area contributed by atoms with E-state index in [0.717, 1.165) is 12.0 Å². The molecule has 0 fully saturated rings. The van der Waals surface area contributed by atoms with Crippen LogP contribution >= 0.6 is 27.3 Å². The number of hydrogen-bond acceptors (Lipinski definition) is 2. The van der Waals surface area contributed by atoms with Gasteiger partial charge in [-0.3, -0.25) is 0 Å². The molecule has 0 aliphatic carbocycles. The number of rotatable bonds is 3. The zero-order valence-electron chi connectivity index (χ0n) is 5.86. The van der Waals surface area contributed by atoms with Crippen LogP contribution in [0.25, 0.3) is 0 Å². The van der Waals surface area contributed by atoms with Crippen molar-refractivity contribution in [2.75, 3.05) is 5.45 Å². The fourth-order valence-electron chi connectivity index (χ4n) is 0.746. The van der Waals surface area contributed by atoms with Crippen molar-refractivity contribution in [1.82, 2.24) is 5.32 Å². The van der Waals surface area contributed by atoms with Gasteiger partial charge >= 0.3 is 0 Å². The first kappa shape index (κ1) is 8.24. The minimum atomic E-state index is 0.865. The first-order chi connectivity index (χ1) is 4.84. The third-order valence-corrected chi connectivity index (χ3v) is 2.77. The zero-order chi connectivity index (χ0) is 7.40. The molecular weight excluding hydrogens is 210 g/mol. The highest BCUT2D eigenvalue weighted by Gasteiger charge is 1.96. The van der Waals surface area contributed by atoms with E-state index >= 15 is 0 Å². The molecule has 0 saturated heterocycles. The van der Waals surface area contributed by atoms with E-state index in [1.165, 1.54) is 10.4 Å². The normalized spacial score (nSPS) is 10.2. The summed E-state index contributed by atoms with van der Waals surface area (Å²) in [5, 5.41) is 5.34. The summed E-state index contributed by atoms with van der Waals surface area (Å²) in [5.41, 5.74) is 2.25. The van der Waals surface area contributed by atoms with Crippen LogP contribution in [-0.4, -0.2) is 5.45 Å². The highest BCUT2D eigenvalue weighted by molar-refractivity contribution is 9.09. The van der Waals surface area contributed by atoms with E-state index in [4.69, 9.17) is 0 Å². The van der Waals surface area contributed by atoms with Gasteiger partial charge in [0.2, 0.25) is 0 Å². The van der Waals surface area contributed by atoms with Crippen LogP contribution in [0, 0.1) is 6.92 Å². The summed E-state index contributed by atoms with van der Waals surface area (Å²) in [4.78, 5) is 1.43. The van der Waals surface area contributed by atoms with E-state index in [1.54, 1.807) is 11.3 Å². The largest absolute Gasteiger partial charge is 0.302 e. The Morgan fingerprint density at radius 1 is 1.70 bits per heavy atom. The maximum Gasteiger partial charge on any atom is 0.0520 e. The number of thiophene rings is 1. The van der Waals surface area contributed by atoms with E-state index in [9.17, 15) is 0 Å². The molecule has 0 atom stereocenters. The van der Waals surface area contributed by atoms with Gasteiger partial charge in [-0.15, -0.1) is 11.3 Å². The SMILES string of the molecule is Cc1ccsc1CNCBr. The molecule has 1 rings (SSSR count). The van der Waals surface area contributed by atoms with Gasteiger partial charge in [-0.1, -0.05) is 15.9 Å². The lowest BCUT2D eigenvalue weighted by Crippen LogP contribution is -2.09. The van der Waals surface area contributed by atoms with Gasteiger partial charge in [0.15, 0.2) is 0 Å². The topological polar surface area (TPSA) is 12.0 Å². The molecule has 0 unspecified atom stereocenters. The van der Waals surface area contributed by atoms with Crippen LogP contribution in [0.1, 0.15) is 10.4 Å². The number of aryl methyl sites for hydroxylation is 1. The Morgan fingerprint density at radius 3 is 3.00 bits per heavy atom. The van der Waals surface area contributed by atoms with Gasteiger partial charge in [-0.2, -0.15) is 0 Å². The molecular formula is C7H10BrNS. The molecule has 1 heterocycles. The molecule has 56 valence electrons. The molecule has 0 bridgehead atoms. The second-order valence-electron chi connectivity index (χ2n) is 2.09. The Hall–Kier alpha value is 0.140. The summed E-state index contributed by atoms with van der Waals surface area (Å²) in [5.74, 6) is 0. The second-order valence-corrected chi connectivity index (χ2v) is 3.65. The molecule has 0 saturated carbocycles. The molecule has 0 aliphatic heterocycles. The van der Waals surface area contributed by atoms with Crippen LogP contribution < -0.4 is 5.32 Å². The molecule has 0 radical (unpaired) electrons. The van der Waals surface area contributed by atoms with Crippen molar-refractivity contribution in [1.29, 1.82) is 0 Å². The van der Waals surface area contributed by atoms with Crippen LogP contribution in [0.4, 0.5) is 0 Å². The predicted octanol–water partition coefficient (Wildman–Crippen LogP) is 2.50. The van der Waals surface area contributed by atoms with Crippen molar-refractivity contribution >= 4 is 27.3 Å². The molecule has 1 aromatic rings. The average Bonchev–Trinajstić information content (AvgIpc) is 2.31. The molecule has 0 spiro atoms. The first-order valence-corrected chi connectivity index (χ1v) is 5.14. The highest BCUT2D eigenvalue weighted by atomic mass is 79.9. The van der Waals surface area contributed by atoms with Crippen LogP contribution in [0.15, 0.2) is 11.4 Å². The van der Waals surface area contributed by atoms with E-state index in [1.807, 2.05) is 0 Å². The zero-order valence-corrected chi connectivity index (χ0v) is 8.26. The maximum absolute atomic E-state index is 3.31. The number of halogens is 1. The summed E-state index contributed by atoms with van der Waals surface area (Å²) < 4.78 is 0. The Labute approximate surface area is 73.6 Å². The average molecular weight is 220 g/mol. The Kier molecular flexibility index (Phi) is 3.39. The van der Waals surface area contributed by atoms with E-state index in [0.29, 0.717) is 0 Å². The van der Waals surface area contributed by atoms with Crippen LogP contribution in [0.2, 0.25) is 0 Å². The summed E-state index contributed by atoms with van der Waals surface area (Å²) in [6, 6.07) is 2.15. The van der Waals surface area contributed by atoms with Crippen molar-refractivity contribution < 1.29 is 0 Å². The lowest BCUT2D eigenvalue weighted by molar-refractivity contribution is 0.810. The van der Waals surface area contributed by atoms with Gasteiger partial charge < -0.3 is 5.32 Å². The van der Waals surface area contributed by atoms with Gasteiger partial charge in [-0.25, -0.2) is 0 Å². The van der Waals surface area contributed by atoms with Crippen molar-refractivity contribution in [2.45, 2.75) is 13.5 Å². The Balaban J connectivity index is 2.49. The lowest BCUT2D eigenvalue weighted by Gasteiger charge is -1.97. The fraction of sp³-hybridized carbons (Fsp3) is 0.429. The van der Waals surface area contributed by atoms with E-state index in [-0.39, 0.29) is 0 Å². The van der Waals surface area contributed by atoms with Gasteiger partial charge in [-0.05, 0) is 23.9 Å². The van der Waals surface area contributed by atoms with Gasteiger partial charge in [0, 0.05) is 11.4 Å². The molecule has 3 heteroatoms. The molecule has 0 aliphatic rings. The summed E-state index contributed by atoms with van der Waals surface area (Å²) in [6.45, 7) is 3.12. The fourth-order valence-corrected chi connectivity index (χ4v) is 1.82. The van der Waals surface area contributed by atoms with Crippen molar-refractivity contribution in [3.63, 3.8) is 0 Å². The third-order valence-electron chi connectivity index (χ3n) is 1.35. The lowest BCUT2D eigenvalue weighted by atomic mass is 10.3. The monoisotopic (exact) mass is 219 g/mol. The van der Waals surface area contributed by atoms with E-state index in [2.05, 4.69) is 39.6 Å². The standard InChI is InChI=1S/C7H10BrNS/c1-6-2-3-10-7(6)4-9-5-8/h2-3,9H,4-5H2,1H3. The van der Waals surface area contributed by atoms with Gasteiger partial charge in [0.1, 0.15) is 0 Å². The number of hydrogen-bond donors (Lipinski definition) is 1. The smallest absolute Gasteiger partial charge is 0.0520 e. The molecule has 0 amide bonds. The molecule has 1 N–H and O–H groups in total. The Morgan fingerprint density at radius 2 is 2.50 bits per heavy atom. The molecule has 1 nitrogen and oxygen atoms in total. The van der Waals surface area contributed by atoms with E-state index < -0.39 is 0 Å². The predicted molar refractivity (Wildman–Crippen MR) is 49.7 cm³/mol. The van der Waals surface area contributed by atoms with Crippen LogP contribution in [-0.2, 0) is 6.54 Å². The van der Waals surface area contributed by atoms with Crippen molar-refractivity contribution in [2.24, 2.45) is 0 Å². The van der Waals surface area contributed by atoms with Crippen molar-refractivity contribution in [3.05, 3.63) is 21.9 Å². The maximum atomic E-state index is 3.31. The van der Waals surface area contributed by atoms with Gasteiger partial charge in [0.05, 0.1) is 5.45 Å². The minimum Gasteiger partial charge on any atom is -0.302 e. The summed E-state index contributed by atoms with van der Waals surface area (Å²) >= 11 is 5.12. The Bertz CT molecular complexity index is 197. The quantitative estimate of drug-likeness (QED) is 0.609. The first-order valence-electron chi connectivity index (χ1n) is 3.14. The number of nitrogens with one attached hydrogen (secondary N) is 1. The molecule has 0 aromatic carbocycles. The third kappa shape index (κ3) is 2.08. The summed E-state index contributed by atoms with van der Waals surface area (Å²) in [7, 11) is 0. The van der Waals surface area contributed by atoms with Gasteiger partial charge in [0.25, 0.3) is 0 Å². The minimum absolute atomic E-state index is 0.865. The van der Waals surface area contributed by atoms with Crippen molar-refractivity contribution in [3.8, 4) is 0 Å².